The van der Waals surface area contributed by atoms with Crippen molar-refractivity contribution >= 4 is 11.8 Å². The van der Waals surface area contributed by atoms with E-state index in [1.54, 1.807) is 7.11 Å². The quantitative estimate of drug-likeness (QED) is 0.596. The number of benzene rings is 1. The fraction of sp³-hybridized carbons (Fsp3) is 0.652. The Balaban J connectivity index is 1.70. The maximum absolute atomic E-state index is 13.2. The Morgan fingerprint density at radius 1 is 1.24 bits per heavy atom. The van der Waals surface area contributed by atoms with Crippen molar-refractivity contribution < 1.29 is 27.5 Å². The Hall–Kier alpha value is -2.17. The predicted octanol–water partition coefficient (Wildman–Crippen LogP) is 2.64. The normalized spacial score (nSPS) is 25.5. The van der Waals surface area contributed by atoms with E-state index in [4.69, 9.17) is 4.74 Å². The van der Waals surface area contributed by atoms with Crippen molar-refractivity contribution in [2.24, 2.45) is 11.3 Å². The molecule has 7 nitrogen and oxygen atoms in total. The molecule has 0 aliphatic carbocycles. The first-order valence-electron chi connectivity index (χ1n) is 11.1. The number of ether oxygens (including phenoxy) is 1. The number of nitrogens with one attached hydrogen (secondary N) is 3. The number of hydrogen-bond donors (Lipinski definition) is 3. The van der Waals surface area contributed by atoms with E-state index in [9.17, 15) is 22.8 Å². The number of likely N-dealkylation sites (tertiary alicyclic amines) is 1. The first-order chi connectivity index (χ1) is 15.4. The van der Waals surface area contributed by atoms with E-state index in [-0.39, 0.29) is 18.2 Å². The zero-order valence-corrected chi connectivity index (χ0v) is 19.5. The summed E-state index contributed by atoms with van der Waals surface area (Å²) in [6, 6.07) is 3.55. The minimum Gasteiger partial charge on any atom is -0.384 e. The molecule has 2 aliphatic heterocycles. The van der Waals surface area contributed by atoms with E-state index in [2.05, 4.69) is 20.9 Å². The lowest BCUT2D eigenvalue weighted by molar-refractivity contribution is -0.137. The Kier molecular flexibility index (Phi) is 7.70. The van der Waals surface area contributed by atoms with Gasteiger partial charge >= 0.3 is 6.18 Å². The van der Waals surface area contributed by atoms with Crippen molar-refractivity contribution in [1.82, 2.24) is 20.9 Å². The monoisotopic (exact) mass is 470 g/mol. The fourth-order valence-corrected chi connectivity index (χ4v) is 4.43. The van der Waals surface area contributed by atoms with Crippen molar-refractivity contribution in [1.29, 1.82) is 0 Å². The molecule has 2 amide bonds. The summed E-state index contributed by atoms with van der Waals surface area (Å²) in [5.41, 5.74) is -0.632. The molecule has 1 aromatic carbocycles. The lowest BCUT2D eigenvalue weighted by Crippen LogP contribution is -2.66. The van der Waals surface area contributed by atoms with Gasteiger partial charge in [0.2, 0.25) is 11.8 Å². The van der Waals surface area contributed by atoms with Gasteiger partial charge in [-0.15, -0.1) is 0 Å². The predicted molar refractivity (Wildman–Crippen MR) is 117 cm³/mol. The zero-order chi connectivity index (χ0) is 24.4. The van der Waals surface area contributed by atoms with E-state index in [1.807, 2.05) is 20.8 Å². The van der Waals surface area contributed by atoms with Crippen molar-refractivity contribution in [3.05, 3.63) is 35.4 Å². The first-order valence-corrected chi connectivity index (χ1v) is 11.1. The highest BCUT2D eigenvalue weighted by molar-refractivity contribution is 5.89. The molecule has 0 spiro atoms. The Bertz CT molecular complexity index is 839. The van der Waals surface area contributed by atoms with E-state index in [0.717, 1.165) is 31.6 Å². The van der Waals surface area contributed by atoms with Crippen molar-refractivity contribution in [2.75, 3.05) is 26.8 Å². The molecule has 184 valence electrons. The SMILES string of the molecule is COCC1CCN(C2NC(=O)CC(C(=O)N[C@@H](c3ccc(C(F)(F)F)cc3)C(C)(C)C)N2)C1. The van der Waals surface area contributed by atoms with Crippen LogP contribution in [-0.4, -0.2) is 55.9 Å². The molecule has 2 aliphatic rings. The molecule has 0 bridgehead atoms. The molecule has 3 N–H and O–H groups in total. The van der Waals surface area contributed by atoms with Gasteiger partial charge < -0.3 is 15.4 Å². The maximum atomic E-state index is 13.2. The van der Waals surface area contributed by atoms with Gasteiger partial charge in [-0.05, 0) is 35.4 Å². The van der Waals surface area contributed by atoms with Crippen LogP contribution in [0.15, 0.2) is 24.3 Å². The average molecular weight is 471 g/mol. The van der Waals surface area contributed by atoms with E-state index in [1.165, 1.54) is 12.1 Å². The number of carbonyl (C=O) groups is 2. The summed E-state index contributed by atoms with van der Waals surface area (Å²) in [6.45, 7) is 7.87. The largest absolute Gasteiger partial charge is 0.416 e. The second-order valence-corrected chi connectivity index (χ2v) is 9.93. The molecule has 2 heterocycles. The van der Waals surface area contributed by atoms with Crippen LogP contribution in [0, 0.1) is 11.3 Å². The lowest BCUT2D eigenvalue weighted by atomic mass is 9.82. The second-order valence-electron chi connectivity index (χ2n) is 9.93. The van der Waals surface area contributed by atoms with Crippen LogP contribution in [0.2, 0.25) is 0 Å². The topological polar surface area (TPSA) is 82.7 Å². The standard InChI is InChI=1S/C23H33F3N4O3/c1-22(2,3)19(15-5-7-16(8-6-15)23(24,25)26)29-20(32)17-11-18(31)28-21(27-17)30-10-9-14(12-30)13-33-4/h5-8,14,17,19,21,27H,9-13H2,1-4H3,(H,28,31)(H,29,32)/t14?,17?,19-,21?/m0/s1. The molecule has 0 aromatic heterocycles. The van der Waals surface area contributed by atoms with Gasteiger partial charge in [0.1, 0.15) is 6.29 Å². The zero-order valence-electron chi connectivity index (χ0n) is 19.5. The van der Waals surface area contributed by atoms with E-state index >= 15 is 0 Å². The third kappa shape index (κ3) is 6.45. The van der Waals surface area contributed by atoms with Gasteiger partial charge in [-0.1, -0.05) is 32.9 Å². The van der Waals surface area contributed by atoms with Crippen LogP contribution in [0.5, 0.6) is 0 Å². The van der Waals surface area contributed by atoms with Crippen molar-refractivity contribution in [3.63, 3.8) is 0 Å². The summed E-state index contributed by atoms with van der Waals surface area (Å²) in [4.78, 5) is 27.6. The molecule has 2 saturated heterocycles. The summed E-state index contributed by atoms with van der Waals surface area (Å²) in [5.74, 6) is -0.217. The molecule has 33 heavy (non-hydrogen) atoms. The molecular formula is C23H33F3N4O3. The van der Waals surface area contributed by atoms with Gasteiger partial charge in [-0.3, -0.25) is 19.8 Å². The highest BCUT2D eigenvalue weighted by Gasteiger charge is 2.38. The summed E-state index contributed by atoms with van der Waals surface area (Å²) in [7, 11) is 1.66. The molecule has 4 atom stereocenters. The fourth-order valence-electron chi connectivity index (χ4n) is 4.43. The molecule has 3 unspecified atom stereocenters. The van der Waals surface area contributed by atoms with Crippen LogP contribution in [0.3, 0.4) is 0 Å². The highest BCUT2D eigenvalue weighted by atomic mass is 19.4. The van der Waals surface area contributed by atoms with Gasteiger partial charge in [0.25, 0.3) is 0 Å². The Morgan fingerprint density at radius 2 is 1.91 bits per heavy atom. The maximum Gasteiger partial charge on any atom is 0.416 e. The number of alkyl halides is 3. The number of carbonyl (C=O) groups excluding carboxylic acids is 2. The third-order valence-electron chi connectivity index (χ3n) is 6.17. The summed E-state index contributed by atoms with van der Waals surface area (Å²) in [6.07, 6.45) is -3.95. The van der Waals surface area contributed by atoms with Gasteiger partial charge in [0.05, 0.1) is 30.7 Å². The van der Waals surface area contributed by atoms with Crippen LogP contribution in [0.1, 0.15) is 50.8 Å². The number of nitrogens with zero attached hydrogens (tertiary/aromatic N) is 1. The van der Waals surface area contributed by atoms with Crippen LogP contribution in [0.25, 0.3) is 0 Å². The molecule has 3 rings (SSSR count). The summed E-state index contributed by atoms with van der Waals surface area (Å²) < 4.78 is 44.1. The van der Waals surface area contributed by atoms with Crippen molar-refractivity contribution in [2.45, 2.75) is 58.2 Å². The molecule has 0 saturated carbocycles. The van der Waals surface area contributed by atoms with Gasteiger partial charge in [0, 0.05) is 20.2 Å². The molecule has 1 aromatic rings. The molecular weight excluding hydrogens is 437 g/mol. The number of hydrogen-bond acceptors (Lipinski definition) is 5. The highest BCUT2D eigenvalue weighted by Crippen LogP contribution is 2.35. The number of methoxy groups -OCH3 is 1. The lowest BCUT2D eigenvalue weighted by Gasteiger charge is -2.38. The first kappa shape index (κ1) is 25.5. The number of halogens is 3. The number of rotatable bonds is 6. The van der Waals surface area contributed by atoms with E-state index < -0.39 is 35.5 Å². The molecule has 10 heteroatoms. The Labute approximate surface area is 192 Å². The second kappa shape index (κ2) is 9.99. The van der Waals surface area contributed by atoms with Crippen LogP contribution in [0.4, 0.5) is 13.2 Å². The van der Waals surface area contributed by atoms with Gasteiger partial charge in [0.15, 0.2) is 0 Å². The average Bonchev–Trinajstić information content (AvgIpc) is 3.19. The minimum atomic E-state index is -4.43. The van der Waals surface area contributed by atoms with Crippen LogP contribution in [-0.2, 0) is 20.5 Å². The smallest absolute Gasteiger partial charge is 0.384 e. The third-order valence-corrected chi connectivity index (χ3v) is 6.17. The number of amides is 2. The van der Waals surface area contributed by atoms with E-state index in [0.29, 0.717) is 18.1 Å². The van der Waals surface area contributed by atoms with Crippen molar-refractivity contribution in [3.8, 4) is 0 Å². The van der Waals surface area contributed by atoms with Crippen LogP contribution >= 0.6 is 0 Å². The molecule has 2 fully saturated rings. The van der Waals surface area contributed by atoms with Gasteiger partial charge in [-0.2, -0.15) is 13.2 Å². The minimum absolute atomic E-state index is 0.0124. The van der Waals surface area contributed by atoms with Crippen LogP contribution < -0.4 is 16.0 Å². The van der Waals surface area contributed by atoms with Gasteiger partial charge in [-0.25, -0.2) is 0 Å². The summed E-state index contributed by atoms with van der Waals surface area (Å²) >= 11 is 0. The Morgan fingerprint density at radius 3 is 2.48 bits per heavy atom. The molecule has 0 radical (unpaired) electrons. The summed E-state index contributed by atoms with van der Waals surface area (Å²) in [5, 5.41) is 9.07.